The minimum Gasteiger partial charge on any atom is -0.391 e. The summed E-state index contributed by atoms with van der Waals surface area (Å²) in [7, 11) is 0. The van der Waals surface area contributed by atoms with E-state index in [2.05, 4.69) is 24.5 Å². The van der Waals surface area contributed by atoms with Gasteiger partial charge in [-0.1, -0.05) is 13.8 Å². The van der Waals surface area contributed by atoms with Crippen LogP contribution >= 0.6 is 0 Å². The molecule has 2 unspecified atom stereocenters. The van der Waals surface area contributed by atoms with Crippen LogP contribution in [0.25, 0.3) is 0 Å². The summed E-state index contributed by atoms with van der Waals surface area (Å²) in [6.45, 7) is 6.69. The third-order valence-corrected chi connectivity index (χ3v) is 3.46. The first-order chi connectivity index (χ1) is 8.58. The Kier molecular flexibility index (Phi) is 7.28. The molecule has 0 aromatic heterocycles. The summed E-state index contributed by atoms with van der Waals surface area (Å²) in [6.07, 6.45) is 4.33. The second-order valence-electron chi connectivity index (χ2n) is 5.84. The average Bonchev–Trinajstić information content (AvgIpc) is 2.34. The molecule has 4 nitrogen and oxygen atoms in total. The van der Waals surface area contributed by atoms with Crippen LogP contribution in [0.3, 0.4) is 0 Å². The standard InChI is InChI=1S/C14H28N2O2/c1-11(2)8-13(17)10-16-14(18)6-5-12-4-3-7-15-9-12/h11-13,15,17H,3-10H2,1-2H3,(H,16,18). The first kappa shape index (κ1) is 15.4. The van der Waals surface area contributed by atoms with Crippen LogP contribution in [-0.4, -0.2) is 36.8 Å². The minimum atomic E-state index is -0.412. The number of rotatable bonds is 7. The van der Waals surface area contributed by atoms with Gasteiger partial charge < -0.3 is 15.7 Å². The van der Waals surface area contributed by atoms with E-state index in [1.165, 1.54) is 12.8 Å². The molecule has 1 aliphatic rings. The highest BCUT2D eigenvalue weighted by molar-refractivity contribution is 5.75. The van der Waals surface area contributed by atoms with Gasteiger partial charge in [-0.3, -0.25) is 4.79 Å². The zero-order valence-electron chi connectivity index (χ0n) is 11.7. The van der Waals surface area contributed by atoms with Crippen molar-refractivity contribution in [1.82, 2.24) is 10.6 Å². The molecule has 2 atom stereocenters. The van der Waals surface area contributed by atoms with E-state index < -0.39 is 6.10 Å². The zero-order chi connectivity index (χ0) is 13.4. The molecule has 0 radical (unpaired) electrons. The summed E-state index contributed by atoms with van der Waals surface area (Å²) >= 11 is 0. The number of hydrogen-bond donors (Lipinski definition) is 3. The smallest absolute Gasteiger partial charge is 0.220 e. The van der Waals surface area contributed by atoms with Crippen molar-refractivity contribution in [2.24, 2.45) is 11.8 Å². The van der Waals surface area contributed by atoms with Gasteiger partial charge in [0.1, 0.15) is 0 Å². The molecule has 0 spiro atoms. The van der Waals surface area contributed by atoms with Crippen molar-refractivity contribution < 1.29 is 9.90 Å². The summed E-state index contributed by atoms with van der Waals surface area (Å²) in [5, 5.41) is 15.8. The second kappa shape index (κ2) is 8.48. The fraction of sp³-hybridized carbons (Fsp3) is 0.929. The average molecular weight is 256 g/mol. The molecule has 0 aliphatic carbocycles. The van der Waals surface area contributed by atoms with E-state index in [4.69, 9.17) is 0 Å². The predicted octanol–water partition coefficient (Wildman–Crippen LogP) is 1.29. The van der Waals surface area contributed by atoms with Gasteiger partial charge in [0.25, 0.3) is 0 Å². The van der Waals surface area contributed by atoms with Gasteiger partial charge in [0.05, 0.1) is 6.10 Å². The Bertz CT molecular complexity index is 238. The molecule has 0 aromatic carbocycles. The molecule has 0 bridgehead atoms. The van der Waals surface area contributed by atoms with Crippen molar-refractivity contribution >= 4 is 5.91 Å². The molecule has 1 rings (SSSR count). The van der Waals surface area contributed by atoms with Gasteiger partial charge in [-0.15, -0.1) is 0 Å². The molecule has 0 saturated carbocycles. The van der Waals surface area contributed by atoms with Crippen LogP contribution in [-0.2, 0) is 4.79 Å². The van der Waals surface area contributed by atoms with Crippen molar-refractivity contribution in [2.75, 3.05) is 19.6 Å². The molecule has 1 amide bonds. The lowest BCUT2D eigenvalue weighted by Crippen LogP contribution is -2.34. The zero-order valence-corrected chi connectivity index (χ0v) is 11.7. The van der Waals surface area contributed by atoms with Crippen molar-refractivity contribution in [2.45, 2.75) is 52.1 Å². The van der Waals surface area contributed by atoms with E-state index >= 15 is 0 Å². The first-order valence-corrected chi connectivity index (χ1v) is 7.23. The quantitative estimate of drug-likeness (QED) is 0.643. The number of aliphatic hydroxyl groups excluding tert-OH is 1. The molecule has 1 saturated heterocycles. The largest absolute Gasteiger partial charge is 0.391 e. The maximum absolute atomic E-state index is 11.6. The lowest BCUT2D eigenvalue weighted by Gasteiger charge is -2.22. The number of piperidine rings is 1. The van der Waals surface area contributed by atoms with Crippen LogP contribution in [0.5, 0.6) is 0 Å². The maximum atomic E-state index is 11.6. The molecule has 106 valence electrons. The molecule has 4 heteroatoms. The topological polar surface area (TPSA) is 61.4 Å². The Balaban J connectivity index is 2.06. The van der Waals surface area contributed by atoms with Crippen molar-refractivity contribution in [3.8, 4) is 0 Å². The SMILES string of the molecule is CC(C)CC(O)CNC(=O)CCC1CCCNC1. The van der Waals surface area contributed by atoms with Gasteiger partial charge in [0, 0.05) is 13.0 Å². The lowest BCUT2D eigenvalue weighted by atomic mass is 9.94. The molecule has 1 fully saturated rings. The summed E-state index contributed by atoms with van der Waals surface area (Å²) in [4.78, 5) is 11.6. The molecule has 18 heavy (non-hydrogen) atoms. The van der Waals surface area contributed by atoms with E-state index in [9.17, 15) is 9.90 Å². The van der Waals surface area contributed by atoms with Crippen LogP contribution in [0.2, 0.25) is 0 Å². The highest BCUT2D eigenvalue weighted by atomic mass is 16.3. The van der Waals surface area contributed by atoms with Crippen LogP contribution < -0.4 is 10.6 Å². The third kappa shape index (κ3) is 6.97. The van der Waals surface area contributed by atoms with Gasteiger partial charge in [0.15, 0.2) is 0 Å². The Morgan fingerprint density at radius 3 is 2.89 bits per heavy atom. The first-order valence-electron chi connectivity index (χ1n) is 7.23. The molecule has 3 N–H and O–H groups in total. The summed E-state index contributed by atoms with van der Waals surface area (Å²) in [6, 6.07) is 0. The molecule has 1 aliphatic heterocycles. The molecular formula is C14H28N2O2. The maximum Gasteiger partial charge on any atom is 0.220 e. The molecule has 0 aromatic rings. The molecular weight excluding hydrogens is 228 g/mol. The highest BCUT2D eigenvalue weighted by Crippen LogP contribution is 2.15. The Labute approximate surface area is 111 Å². The van der Waals surface area contributed by atoms with Gasteiger partial charge in [-0.25, -0.2) is 0 Å². The summed E-state index contributed by atoms with van der Waals surface area (Å²) in [5.41, 5.74) is 0. The monoisotopic (exact) mass is 256 g/mol. The fourth-order valence-corrected chi connectivity index (χ4v) is 2.45. The van der Waals surface area contributed by atoms with E-state index in [1.807, 2.05) is 0 Å². The Morgan fingerprint density at radius 1 is 1.50 bits per heavy atom. The van der Waals surface area contributed by atoms with E-state index in [0.29, 0.717) is 24.8 Å². The summed E-state index contributed by atoms with van der Waals surface area (Å²) < 4.78 is 0. The van der Waals surface area contributed by atoms with E-state index in [0.717, 1.165) is 25.9 Å². The van der Waals surface area contributed by atoms with Crippen LogP contribution in [0.4, 0.5) is 0 Å². The van der Waals surface area contributed by atoms with Crippen LogP contribution in [0.15, 0.2) is 0 Å². The van der Waals surface area contributed by atoms with Gasteiger partial charge in [-0.2, -0.15) is 0 Å². The number of aliphatic hydroxyl groups is 1. The van der Waals surface area contributed by atoms with Crippen molar-refractivity contribution in [3.63, 3.8) is 0 Å². The van der Waals surface area contributed by atoms with Gasteiger partial charge in [-0.05, 0) is 50.6 Å². The fourth-order valence-electron chi connectivity index (χ4n) is 2.45. The minimum absolute atomic E-state index is 0.0726. The lowest BCUT2D eigenvalue weighted by molar-refractivity contribution is -0.121. The normalized spacial score (nSPS) is 21.9. The number of carbonyl (C=O) groups is 1. The number of hydrogen-bond acceptors (Lipinski definition) is 3. The Hall–Kier alpha value is -0.610. The van der Waals surface area contributed by atoms with Crippen molar-refractivity contribution in [3.05, 3.63) is 0 Å². The third-order valence-electron chi connectivity index (χ3n) is 3.46. The van der Waals surface area contributed by atoms with Crippen LogP contribution in [0.1, 0.15) is 46.0 Å². The number of nitrogens with one attached hydrogen (secondary N) is 2. The highest BCUT2D eigenvalue weighted by Gasteiger charge is 2.15. The number of carbonyl (C=O) groups excluding carboxylic acids is 1. The van der Waals surface area contributed by atoms with E-state index in [1.54, 1.807) is 0 Å². The number of amides is 1. The van der Waals surface area contributed by atoms with Gasteiger partial charge in [0.2, 0.25) is 5.91 Å². The Morgan fingerprint density at radius 2 is 2.28 bits per heavy atom. The summed E-state index contributed by atoms with van der Waals surface area (Å²) in [5.74, 6) is 1.18. The van der Waals surface area contributed by atoms with Gasteiger partial charge >= 0.3 is 0 Å². The van der Waals surface area contributed by atoms with Crippen molar-refractivity contribution in [1.29, 1.82) is 0 Å². The molecule has 1 heterocycles. The second-order valence-corrected chi connectivity index (χ2v) is 5.84. The van der Waals surface area contributed by atoms with Crippen LogP contribution in [0, 0.1) is 11.8 Å². The van der Waals surface area contributed by atoms with E-state index in [-0.39, 0.29) is 5.91 Å². The predicted molar refractivity (Wildman–Crippen MR) is 73.3 cm³/mol.